The van der Waals surface area contributed by atoms with E-state index in [4.69, 9.17) is 4.74 Å². The summed E-state index contributed by atoms with van der Waals surface area (Å²) in [5, 5.41) is 4.47. The number of methoxy groups -OCH3 is 1. The molecule has 2 atom stereocenters. The van der Waals surface area contributed by atoms with Crippen LogP contribution < -0.4 is 15.1 Å². The van der Waals surface area contributed by atoms with Gasteiger partial charge in [-0.3, -0.25) is 14.4 Å². The summed E-state index contributed by atoms with van der Waals surface area (Å²) in [5.41, 5.74) is 7.51. The predicted octanol–water partition coefficient (Wildman–Crippen LogP) is 4.97. The second-order valence-corrected chi connectivity index (χ2v) is 10.8. The van der Waals surface area contributed by atoms with Gasteiger partial charge in [-0.15, -0.1) is 0 Å². The number of aryl methyl sites for hydroxylation is 1. The minimum Gasteiger partial charge on any atom is -0.497 e. The summed E-state index contributed by atoms with van der Waals surface area (Å²) in [6.45, 7) is 1.97. The highest BCUT2D eigenvalue weighted by molar-refractivity contribution is 6.25. The zero-order valence-corrected chi connectivity index (χ0v) is 22.6. The Morgan fingerprint density at radius 3 is 2.07 bits per heavy atom. The Hall–Kier alpha value is -5.04. The number of rotatable bonds is 5. The monoisotopic (exact) mass is 541 g/mol. The van der Waals surface area contributed by atoms with Gasteiger partial charge in [-0.25, -0.2) is 10.3 Å². The first kappa shape index (κ1) is 25.0. The summed E-state index contributed by atoms with van der Waals surface area (Å²) < 4.78 is 5.19. The first-order valence-electron chi connectivity index (χ1n) is 13.6. The van der Waals surface area contributed by atoms with Crippen LogP contribution in [0.25, 0.3) is 0 Å². The Morgan fingerprint density at radius 1 is 0.854 bits per heavy atom. The third-order valence-electron chi connectivity index (χ3n) is 8.76. The van der Waals surface area contributed by atoms with E-state index in [-0.39, 0.29) is 17.7 Å². The molecule has 1 saturated heterocycles. The van der Waals surface area contributed by atoms with Crippen LogP contribution in [0.1, 0.15) is 44.1 Å². The molecule has 8 rings (SSSR count). The van der Waals surface area contributed by atoms with E-state index in [2.05, 4.69) is 10.5 Å². The number of hydrogen-bond donors (Lipinski definition) is 1. The van der Waals surface area contributed by atoms with E-state index in [0.717, 1.165) is 27.8 Å². The summed E-state index contributed by atoms with van der Waals surface area (Å²) in [5.74, 6) is -1.79. The van der Waals surface area contributed by atoms with Crippen LogP contribution in [-0.2, 0) is 15.0 Å². The number of nitrogens with zero attached hydrogens (tertiary/aromatic N) is 2. The van der Waals surface area contributed by atoms with Gasteiger partial charge in [0.2, 0.25) is 11.8 Å². The molecule has 3 amide bonds. The highest BCUT2D eigenvalue weighted by atomic mass is 16.5. The van der Waals surface area contributed by atoms with Crippen LogP contribution in [0.4, 0.5) is 5.69 Å². The Bertz CT molecular complexity index is 1700. The van der Waals surface area contributed by atoms with Crippen molar-refractivity contribution in [1.82, 2.24) is 5.43 Å². The molecule has 41 heavy (non-hydrogen) atoms. The van der Waals surface area contributed by atoms with Gasteiger partial charge in [0.05, 0.1) is 30.0 Å². The van der Waals surface area contributed by atoms with Crippen molar-refractivity contribution >= 4 is 29.6 Å². The maximum Gasteiger partial charge on any atom is 0.271 e. The van der Waals surface area contributed by atoms with E-state index in [1.165, 1.54) is 4.90 Å². The zero-order chi connectivity index (χ0) is 28.3. The number of imide groups is 1. The fraction of sp³-hybridized carbons (Fsp3) is 0.176. The molecule has 0 aromatic heterocycles. The first-order valence-corrected chi connectivity index (χ1v) is 13.6. The number of hydrazone groups is 1. The molecule has 3 aliphatic carbocycles. The average Bonchev–Trinajstić information content (AvgIpc) is 3.28. The Labute approximate surface area is 237 Å². The molecule has 1 N–H and O–H groups in total. The van der Waals surface area contributed by atoms with Crippen molar-refractivity contribution in [2.75, 3.05) is 12.0 Å². The molecular formula is C34H27N3O4. The van der Waals surface area contributed by atoms with Crippen molar-refractivity contribution in [2.24, 2.45) is 16.9 Å². The zero-order valence-electron chi connectivity index (χ0n) is 22.6. The van der Waals surface area contributed by atoms with Gasteiger partial charge in [-0.2, -0.15) is 5.10 Å². The van der Waals surface area contributed by atoms with Crippen LogP contribution >= 0.6 is 0 Å². The molecule has 4 aromatic carbocycles. The Kier molecular flexibility index (Phi) is 5.64. The fourth-order valence-corrected chi connectivity index (χ4v) is 7.00. The van der Waals surface area contributed by atoms with Gasteiger partial charge in [0.1, 0.15) is 5.75 Å². The fourth-order valence-electron chi connectivity index (χ4n) is 7.00. The van der Waals surface area contributed by atoms with Crippen molar-refractivity contribution < 1.29 is 19.1 Å². The molecule has 202 valence electrons. The van der Waals surface area contributed by atoms with E-state index >= 15 is 0 Å². The lowest BCUT2D eigenvalue weighted by Gasteiger charge is -2.52. The highest BCUT2D eigenvalue weighted by Crippen LogP contribution is 2.63. The van der Waals surface area contributed by atoms with Crippen molar-refractivity contribution in [3.63, 3.8) is 0 Å². The van der Waals surface area contributed by atoms with Gasteiger partial charge in [-0.1, -0.05) is 66.2 Å². The number of hydrogen-bond acceptors (Lipinski definition) is 5. The third-order valence-corrected chi connectivity index (χ3v) is 8.76. The summed E-state index contributed by atoms with van der Waals surface area (Å²) in [4.78, 5) is 42.9. The average molecular weight is 542 g/mol. The third kappa shape index (κ3) is 3.51. The molecule has 0 spiro atoms. The standard InChI is InChI=1S/C34H27N3O4/c1-20-11-15-22(16-12-20)37-32(39)29-28-24-7-3-5-9-26(24)34(30(29)33(37)40,27-10-6-4-8-25(27)28)19-35-36-31(38)21-13-17-23(41-2)18-14-21/h3-19,28-30H,1-2H3,(H,36,38)/b35-19+/t28?,29-,30-,34?/m0/s1. The van der Waals surface area contributed by atoms with Crippen molar-refractivity contribution in [3.05, 3.63) is 130 Å². The number of benzene rings is 4. The largest absolute Gasteiger partial charge is 0.497 e. The van der Waals surface area contributed by atoms with Gasteiger partial charge in [0.15, 0.2) is 0 Å². The minimum absolute atomic E-state index is 0.210. The van der Waals surface area contributed by atoms with Crippen molar-refractivity contribution in [3.8, 4) is 5.75 Å². The molecule has 0 unspecified atom stereocenters. The molecule has 7 nitrogen and oxygen atoms in total. The number of anilines is 1. The second-order valence-electron chi connectivity index (χ2n) is 10.8. The second kappa shape index (κ2) is 9.27. The molecule has 2 bridgehead atoms. The predicted molar refractivity (Wildman–Crippen MR) is 155 cm³/mol. The molecule has 4 aliphatic rings. The Balaban J connectivity index is 1.37. The number of ether oxygens (including phenoxy) is 1. The van der Waals surface area contributed by atoms with Crippen molar-refractivity contribution in [2.45, 2.75) is 18.3 Å². The molecule has 0 radical (unpaired) electrons. The molecule has 0 saturated carbocycles. The van der Waals surface area contributed by atoms with Gasteiger partial charge in [0.25, 0.3) is 5.91 Å². The lowest BCUT2D eigenvalue weighted by Crippen LogP contribution is -2.54. The summed E-state index contributed by atoms with van der Waals surface area (Å²) in [6.07, 6.45) is 1.67. The molecule has 1 heterocycles. The molecule has 1 fully saturated rings. The molecule has 1 aliphatic heterocycles. The lowest BCUT2D eigenvalue weighted by atomic mass is 9.47. The number of carbonyl (C=O) groups excluding carboxylic acids is 3. The summed E-state index contributed by atoms with van der Waals surface area (Å²) in [7, 11) is 1.57. The highest BCUT2D eigenvalue weighted by Gasteiger charge is 2.68. The van der Waals surface area contributed by atoms with E-state index in [1.807, 2.05) is 79.7 Å². The van der Waals surface area contributed by atoms with Gasteiger partial charge < -0.3 is 4.74 Å². The van der Waals surface area contributed by atoms with Crippen LogP contribution in [0.5, 0.6) is 5.75 Å². The number of amides is 3. The van der Waals surface area contributed by atoms with Crippen LogP contribution in [0.2, 0.25) is 0 Å². The SMILES string of the molecule is COc1ccc(C(=O)N/N=C/C23c4ccccc4C(c4ccccc42)[C@@H]2C(=O)N(c4ccc(C)cc4)C(=O)[C@H]23)cc1. The minimum atomic E-state index is -1.05. The maximum atomic E-state index is 14.4. The number of carbonyl (C=O) groups is 3. The van der Waals surface area contributed by atoms with Crippen LogP contribution in [0, 0.1) is 18.8 Å². The molecule has 7 heteroatoms. The topological polar surface area (TPSA) is 88.1 Å². The van der Waals surface area contributed by atoms with Crippen LogP contribution in [-0.4, -0.2) is 31.0 Å². The van der Waals surface area contributed by atoms with E-state index in [1.54, 1.807) is 37.6 Å². The number of nitrogens with one attached hydrogen (secondary N) is 1. The van der Waals surface area contributed by atoms with Crippen LogP contribution in [0.3, 0.4) is 0 Å². The molecular weight excluding hydrogens is 514 g/mol. The van der Waals surface area contributed by atoms with E-state index in [0.29, 0.717) is 17.0 Å². The smallest absolute Gasteiger partial charge is 0.271 e. The van der Waals surface area contributed by atoms with E-state index in [9.17, 15) is 14.4 Å². The normalized spacial score (nSPS) is 23.8. The summed E-state index contributed by atoms with van der Waals surface area (Å²) >= 11 is 0. The van der Waals surface area contributed by atoms with Gasteiger partial charge in [-0.05, 0) is 65.6 Å². The maximum absolute atomic E-state index is 14.4. The first-order chi connectivity index (χ1) is 20.0. The van der Waals surface area contributed by atoms with Crippen molar-refractivity contribution in [1.29, 1.82) is 0 Å². The summed E-state index contributed by atoms with van der Waals surface area (Å²) in [6, 6.07) is 30.1. The Morgan fingerprint density at radius 2 is 1.46 bits per heavy atom. The van der Waals surface area contributed by atoms with Gasteiger partial charge in [0, 0.05) is 17.7 Å². The quantitative estimate of drug-likeness (QED) is 0.220. The van der Waals surface area contributed by atoms with Gasteiger partial charge >= 0.3 is 0 Å². The van der Waals surface area contributed by atoms with E-state index < -0.39 is 23.2 Å². The molecule has 4 aromatic rings. The van der Waals surface area contributed by atoms with Crippen LogP contribution in [0.15, 0.2) is 102 Å². The lowest BCUT2D eigenvalue weighted by molar-refractivity contribution is -0.122.